The zero-order valence-electron chi connectivity index (χ0n) is 12.4. The van der Waals surface area contributed by atoms with E-state index in [4.69, 9.17) is 4.74 Å². The number of carbonyl (C=O) groups is 2. The van der Waals surface area contributed by atoms with Crippen molar-refractivity contribution in [3.8, 4) is 0 Å². The predicted octanol–water partition coefficient (Wildman–Crippen LogP) is 3.22. The minimum Gasteiger partial charge on any atom is -0.461 e. The molecule has 0 unspecified atom stereocenters. The summed E-state index contributed by atoms with van der Waals surface area (Å²) in [5.41, 5.74) is 2.44. The highest BCUT2D eigenvalue weighted by atomic mass is 16.5. The van der Waals surface area contributed by atoms with E-state index in [2.05, 4.69) is 5.32 Å². The molecular weight excluding hydrogens is 254 g/mol. The van der Waals surface area contributed by atoms with E-state index in [9.17, 15) is 9.59 Å². The summed E-state index contributed by atoms with van der Waals surface area (Å²) in [6.07, 6.45) is 0.351. The molecule has 1 aromatic rings. The van der Waals surface area contributed by atoms with Crippen LogP contribution in [0.25, 0.3) is 0 Å². The van der Waals surface area contributed by atoms with Crippen molar-refractivity contribution in [2.45, 2.75) is 34.1 Å². The van der Waals surface area contributed by atoms with Gasteiger partial charge in [-0.05, 0) is 38.5 Å². The van der Waals surface area contributed by atoms with Crippen molar-refractivity contribution in [1.29, 1.82) is 0 Å². The number of nitrogens with one attached hydrogen (secondary N) is 1. The van der Waals surface area contributed by atoms with Crippen molar-refractivity contribution in [3.63, 3.8) is 0 Å². The number of benzene rings is 1. The number of ether oxygens (including phenoxy) is 1. The number of esters is 1. The Morgan fingerprint density at radius 2 is 1.95 bits per heavy atom. The monoisotopic (exact) mass is 275 g/mol. The molecule has 0 spiro atoms. The topological polar surface area (TPSA) is 55.4 Å². The van der Waals surface area contributed by atoms with E-state index in [0.717, 1.165) is 11.3 Å². The largest absolute Gasteiger partial charge is 0.461 e. The van der Waals surface area contributed by atoms with Gasteiger partial charge in [-0.25, -0.2) is 4.79 Å². The second-order valence-electron chi connectivity index (χ2n) is 4.49. The van der Waals surface area contributed by atoms with Gasteiger partial charge in [-0.3, -0.25) is 4.79 Å². The number of carbonyl (C=O) groups excluding carboxylic acids is 2. The second-order valence-corrected chi connectivity index (χ2v) is 4.49. The fraction of sp³-hybridized carbons (Fsp3) is 0.375. The van der Waals surface area contributed by atoms with Gasteiger partial charge < -0.3 is 10.1 Å². The molecule has 20 heavy (non-hydrogen) atoms. The predicted molar refractivity (Wildman–Crippen MR) is 79.4 cm³/mol. The van der Waals surface area contributed by atoms with Crippen molar-refractivity contribution in [1.82, 2.24) is 0 Å². The molecular formula is C16H21NO3. The van der Waals surface area contributed by atoms with Crippen molar-refractivity contribution >= 4 is 17.4 Å². The Bertz CT molecular complexity index is 532. The molecule has 0 saturated heterocycles. The van der Waals surface area contributed by atoms with Crippen LogP contribution in [0.3, 0.4) is 0 Å². The number of aryl methyl sites for hydroxylation is 1. The summed E-state index contributed by atoms with van der Waals surface area (Å²) in [4.78, 5) is 23.8. The van der Waals surface area contributed by atoms with Gasteiger partial charge in [0.15, 0.2) is 5.78 Å². The van der Waals surface area contributed by atoms with Crippen molar-refractivity contribution < 1.29 is 14.3 Å². The Balaban J connectivity index is 3.12. The van der Waals surface area contributed by atoms with Gasteiger partial charge in [0.05, 0.1) is 6.61 Å². The molecule has 1 rings (SSSR count). The zero-order valence-corrected chi connectivity index (χ0v) is 12.4. The molecule has 0 atom stereocenters. The average molecular weight is 275 g/mol. The van der Waals surface area contributed by atoms with Gasteiger partial charge in [0.1, 0.15) is 5.70 Å². The van der Waals surface area contributed by atoms with Crippen LogP contribution in [0.4, 0.5) is 5.69 Å². The first-order valence-electron chi connectivity index (χ1n) is 6.74. The van der Waals surface area contributed by atoms with Gasteiger partial charge in [0.25, 0.3) is 0 Å². The number of hydrogen-bond donors (Lipinski definition) is 1. The molecule has 0 aromatic heterocycles. The van der Waals surface area contributed by atoms with Crippen LogP contribution < -0.4 is 5.32 Å². The van der Waals surface area contributed by atoms with E-state index < -0.39 is 5.97 Å². The summed E-state index contributed by atoms with van der Waals surface area (Å²) in [5.74, 6) is -0.582. The van der Waals surface area contributed by atoms with E-state index in [1.165, 1.54) is 0 Å². The second kappa shape index (κ2) is 7.48. The summed E-state index contributed by atoms with van der Waals surface area (Å²) >= 11 is 0. The van der Waals surface area contributed by atoms with Crippen LogP contribution in [0.15, 0.2) is 35.5 Å². The molecule has 4 heteroatoms. The number of anilines is 1. The highest BCUT2D eigenvalue weighted by Crippen LogP contribution is 2.16. The molecule has 0 aliphatic carbocycles. The fourth-order valence-corrected chi connectivity index (χ4v) is 1.77. The lowest BCUT2D eigenvalue weighted by molar-refractivity contribution is -0.138. The first-order valence-corrected chi connectivity index (χ1v) is 6.74. The zero-order chi connectivity index (χ0) is 15.1. The molecule has 0 amide bonds. The van der Waals surface area contributed by atoms with Crippen LogP contribution in [0.5, 0.6) is 0 Å². The normalized spacial score (nSPS) is 11.6. The lowest BCUT2D eigenvalue weighted by Crippen LogP contribution is -2.19. The maximum atomic E-state index is 12.0. The Morgan fingerprint density at radius 1 is 1.25 bits per heavy atom. The lowest BCUT2D eigenvalue weighted by atomic mass is 10.1. The first kappa shape index (κ1) is 16.0. The third-order valence-electron chi connectivity index (χ3n) is 2.88. The molecule has 108 valence electrons. The Hall–Kier alpha value is -2.10. The molecule has 0 heterocycles. The van der Waals surface area contributed by atoms with E-state index >= 15 is 0 Å². The molecule has 4 nitrogen and oxygen atoms in total. The van der Waals surface area contributed by atoms with Crippen LogP contribution in [0.2, 0.25) is 0 Å². The quantitative estimate of drug-likeness (QED) is 0.639. The van der Waals surface area contributed by atoms with Crippen LogP contribution in [0.1, 0.15) is 32.8 Å². The first-order chi connectivity index (χ1) is 9.49. The van der Waals surface area contributed by atoms with Gasteiger partial charge >= 0.3 is 5.97 Å². The molecule has 0 fully saturated rings. The summed E-state index contributed by atoms with van der Waals surface area (Å²) in [6.45, 7) is 7.37. The SMILES string of the molecule is CCOC(=O)/C(Nc1cccc(C)c1)=C(/C)C(=O)CC. The van der Waals surface area contributed by atoms with Crippen molar-refractivity contribution in [2.75, 3.05) is 11.9 Å². The van der Waals surface area contributed by atoms with Gasteiger partial charge in [-0.2, -0.15) is 0 Å². The van der Waals surface area contributed by atoms with Crippen molar-refractivity contribution in [3.05, 3.63) is 41.1 Å². The van der Waals surface area contributed by atoms with E-state index in [-0.39, 0.29) is 18.1 Å². The van der Waals surface area contributed by atoms with Gasteiger partial charge in [-0.1, -0.05) is 19.1 Å². The summed E-state index contributed by atoms with van der Waals surface area (Å²) in [5, 5.41) is 3.00. The number of ketones is 1. The number of Topliss-reactive ketones (excluding diaryl/α,β-unsaturated/α-hetero) is 1. The molecule has 0 saturated carbocycles. The fourth-order valence-electron chi connectivity index (χ4n) is 1.77. The molecule has 0 bridgehead atoms. The Kier molecular flexibility index (Phi) is 5.97. The van der Waals surface area contributed by atoms with Crippen LogP contribution in [-0.2, 0) is 14.3 Å². The highest BCUT2D eigenvalue weighted by Gasteiger charge is 2.18. The third kappa shape index (κ3) is 4.23. The van der Waals surface area contributed by atoms with E-state index in [1.807, 2.05) is 31.2 Å². The van der Waals surface area contributed by atoms with Crippen LogP contribution in [-0.4, -0.2) is 18.4 Å². The smallest absolute Gasteiger partial charge is 0.355 e. The highest BCUT2D eigenvalue weighted by molar-refractivity contribution is 6.04. The van der Waals surface area contributed by atoms with Crippen molar-refractivity contribution in [2.24, 2.45) is 0 Å². The number of allylic oxidation sites excluding steroid dienone is 1. The maximum absolute atomic E-state index is 12.0. The van der Waals surface area contributed by atoms with Gasteiger partial charge in [-0.15, -0.1) is 0 Å². The Labute approximate surface area is 119 Å². The number of hydrogen-bond acceptors (Lipinski definition) is 4. The van der Waals surface area contributed by atoms with Gasteiger partial charge in [0, 0.05) is 17.7 Å². The Morgan fingerprint density at radius 3 is 2.50 bits per heavy atom. The average Bonchev–Trinajstić information content (AvgIpc) is 2.43. The maximum Gasteiger partial charge on any atom is 0.355 e. The number of rotatable bonds is 6. The minimum absolute atomic E-state index is 0.0757. The van der Waals surface area contributed by atoms with E-state index in [1.54, 1.807) is 20.8 Å². The molecule has 0 radical (unpaired) electrons. The molecule has 0 aliphatic heterocycles. The standard InChI is InChI=1S/C16H21NO3/c1-5-14(18)12(4)15(16(19)20-6-2)17-13-9-7-8-11(3)10-13/h7-10,17H,5-6H2,1-4H3/b15-12+. The summed E-state index contributed by atoms with van der Waals surface area (Å²) < 4.78 is 5.01. The van der Waals surface area contributed by atoms with E-state index in [0.29, 0.717) is 12.0 Å². The molecule has 1 aromatic carbocycles. The minimum atomic E-state index is -0.506. The summed E-state index contributed by atoms with van der Waals surface area (Å²) in [7, 11) is 0. The third-order valence-corrected chi connectivity index (χ3v) is 2.88. The summed E-state index contributed by atoms with van der Waals surface area (Å²) in [6, 6.07) is 7.60. The van der Waals surface area contributed by atoms with Crippen LogP contribution in [0, 0.1) is 6.92 Å². The van der Waals surface area contributed by atoms with Crippen LogP contribution >= 0.6 is 0 Å². The molecule has 0 aliphatic rings. The molecule has 1 N–H and O–H groups in total. The van der Waals surface area contributed by atoms with Gasteiger partial charge in [0.2, 0.25) is 0 Å². The lowest BCUT2D eigenvalue weighted by Gasteiger charge is -2.13.